The molecule has 1 aromatic heterocycles. The first-order valence-corrected chi connectivity index (χ1v) is 10.6. The van der Waals surface area contributed by atoms with Crippen molar-refractivity contribution in [2.24, 2.45) is 5.41 Å². The zero-order valence-corrected chi connectivity index (χ0v) is 17.8. The molecule has 0 saturated carbocycles. The molecule has 1 fully saturated rings. The predicted octanol–water partition coefficient (Wildman–Crippen LogP) is 3.15. The fraction of sp³-hybridized carbons (Fsp3) is 0.458. The molecule has 0 atom stereocenters. The van der Waals surface area contributed by atoms with Gasteiger partial charge in [0.2, 0.25) is 0 Å². The standard InChI is InChI=1S/C24H27FN2O4/c1-23(2)12-19-17(20(28)13-23)11-18(22(30)27-19)21(29)26-14-24(6-8-31-9-7-24)15-4-3-5-16(25)10-15/h3-5,10-11H,6-9,12-14H2,1-2H3,(H,26,29)(H,27,30). The van der Waals surface area contributed by atoms with Gasteiger partial charge in [-0.1, -0.05) is 26.0 Å². The molecule has 0 bridgehead atoms. The van der Waals surface area contributed by atoms with Gasteiger partial charge >= 0.3 is 0 Å². The number of carbonyl (C=O) groups is 2. The zero-order chi connectivity index (χ0) is 22.2. The summed E-state index contributed by atoms with van der Waals surface area (Å²) in [6.07, 6.45) is 2.21. The van der Waals surface area contributed by atoms with E-state index < -0.39 is 16.9 Å². The van der Waals surface area contributed by atoms with Crippen LogP contribution in [0.1, 0.15) is 65.1 Å². The maximum Gasteiger partial charge on any atom is 0.261 e. The summed E-state index contributed by atoms with van der Waals surface area (Å²) in [5.41, 5.74) is 0.515. The Balaban J connectivity index is 1.59. The van der Waals surface area contributed by atoms with Gasteiger partial charge in [0.25, 0.3) is 11.5 Å². The van der Waals surface area contributed by atoms with Crippen molar-refractivity contribution < 1.29 is 18.7 Å². The van der Waals surface area contributed by atoms with Crippen molar-refractivity contribution in [3.05, 3.63) is 68.9 Å². The van der Waals surface area contributed by atoms with Crippen LogP contribution in [-0.4, -0.2) is 36.4 Å². The predicted molar refractivity (Wildman–Crippen MR) is 114 cm³/mol. The Morgan fingerprint density at radius 1 is 1.16 bits per heavy atom. The lowest BCUT2D eigenvalue weighted by Crippen LogP contribution is -2.45. The van der Waals surface area contributed by atoms with Crippen molar-refractivity contribution in [2.45, 2.75) is 44.9 Å². The smallest absolute Gasteiger partial charge is 0.261 e. The second kappa shape index (κ2) is 8.04. The molecule has 31 heavy (non-hydrogen) atoms. The number of H-pyrrole nitrogens is 1. The fourth-order valence-corrected chi connectivity index (χ4v) is 4.69. The summed E-state index contributed by atoms with van der Waals surface area (Å²) in [5.74, 6) is -0.941. The Morgan fingerprint density at radius 2 is 1.90 bits per heavy atom. The Bertz CT molecular complexity index is 1080. The number of aromatic amines is 1. The number of benzene rings is 1. The number of hydrogen-bond acceptors (Lipinski definition) is 4. The number of aromatic nitrogens is 1. The van der Waals surface area contributed by atoms with E-state index in [1.54, 1.807) is 6.07 Å². The molecule has 1 saturated heterocycles. The number of ketones is 1. The maximum atomic E-state index is 13.9. The lowest BCUT2D eigenvalue weighted by Gasteiger charge is -2.38. The van der Waals surface area contributed by atoms with Crippen LogP contribution in [0, 0.1) is 11.2 Å². The van der Waals surface area contributed by atoms with Gasteiger partial charge in [-0.05, 0) is 48.4 Å². The summed E-state index contributed by atoms with van der Waals surface area (Å²) >= 11 is 0. The van der Waals surface area contributed by atoms with Crippen LogP contribution >= 0.6 is 0 Å². The second-order valence-electron chi connectivity index (χ2n) is 9.43. The number of amides is 1. The molecule has 2 aromatic rings. The fourth-order valence-electron chi connectivity index (χ4n) is 4.69. The van der Waals surface area contributed by atoms with Crippen molar-refractivity contribution in [1.82, 2.24) is 10.3 Å². The van der Waals surface area contributed by atoms with E-state index in [1.807, 2.05) is 19.9 Å². The number of Topliss-reactive ketones (excluding diaryl/α,β-unsaturated/α-hetero) is 1. The summed E-state index contributed by atoms with van der Waals surface area (Å²) in [7, 11) is 0. The van der Waals surface area contributed by atoms with E-state index in [0.29, 0.717) is 50.2 Å². The van der Waals surface area contributed by atoms with E-state index >= 15 is 0 Å². The van der Waals surface area contributed by atoms with Crippen molar-refractivity contribution in [3.8, 4) is 0 Å². The minimum absolute atomic E-state index is 0.0720. The minimum Gasteiger partial charge on any atom is -0.381 e. The molecule has 1 aliphatic carbocycles. The zero-order valence-electron chi connectivity index (χ0n) is 17.8. The molecule has 0 spiro atoms. The number of carbonyl (C=O) groups excluding carboxylic acids is 2. The van der Waals surface area contributed by atoms with E-state index in [4.69, 9.17) is 4.74 Å². The quantitative estimate of drug-likeness (QED) is 0.786. The van der Waals surface area contributed by atoms with Gasteiger partial charge in [-0.2, -0.15) is 0 Å². The van der Waals surface area contributed by atoms with Gasteiger partial charge in [0.05, 0.1) is 0 Å². The van der Waals surface area contributed by atoms with Crippen LogP contribution in [0.4, 0.5) is 4.39 Å². The van der Waals surface area contributed by atoms with Crippen LogP contribution in [-0.2, 0) is 16.6 Å². The molecule has 7 heteroatoms. The summed E-state index contributed by atoms with van der Waals surface area (Å²) in [6, 6.07) is 7.81. The SMILES string of the molecule is CC1(C)CC(=O)c2cc(C(=O)NCC3(c4cccc(F)c4)CCOCC3)c(=O)[nH]c2C1. The summed E-state index contributed by atoms with van der Waals surface area (Å²) < 4.78 is 19.3. The molecule has 0 radical (unpaired) electrons. The third kappa shape index (κ3) is 4.32. The number of pyridine rings is 1. The van der Waals surface area contributed by atoms with Gasteiger partial charge < -0.3 is 15.0 Å². The monoisotopic (exact) mass is 426 g/mol. The van der Waals surface area contributed by atoms with Crippen LogP contribution in [0.2, 0.25) is 0 Å². The van der Waals surface area contributed by atoms with Gasteiger partial charge in [0, 0.05) is 42.9 Å². The molecule has 0 unspecified atom stereocenters. The molecular weight excluding hydrogens is 399 g/mol. The molecule has 2 heterocycles. The van der Waals surface area contributed by atoms with Crippen molar-refractivity contribution in [2.75, 3.05) is 19.8 Å². The van der Waals surface area contributed by atoms with Gasteiger partial charge in [0.15, 0.2) is 5.78 Å². The summed E-state index contributed by atoms with van der Waals surface area (Å²) in [6.45, 7) is 5.22. The highest BCUT2D eigenvalue weighted by Gasteiger charge is 2.36. The molecule has 1 aromatic carbocycles. The third-order valence-electron chi connectivity index (χ3n) is 6.44. The average molecular weight is 426 g/mol. The summed E-state index contributed by atoms with van der Waals surface area (Å²) in [4.78, 5) is 40.8. The number of rotatable bonds is 4. The van der Waals surface area contributed by atoms with Crippen molar-refractivity contribution in [3.63, 3.8) is 0 Å². The molecule has 2 N–H and O–H groups in total. The van der Waals surface area contributed by atoms with E-state index in [1.165, 1.54) is 18.2 Å². The number of hydrogen-bond donors (Lipinski definition) is 2. The topological polar surface area (TPSA) is 88.3 Å². The third-order valence-corrected chi connectivity index (χ3v) is 6.44. The normalized spacial score (nSPS) is 19.5. The number of nitrogens with one attached hydrogen (secondary N) is 2. The van der Waals surface area contributed by atoms with Crippen molar-refractivity contribution >= 4 is 11.7 Å². The lowest BCUT2D eigenvalue weighted by atomic mass is 9.74. The molecule has 4 rings (SSSR count). The number of fused-ring (bicyclic) bond motifs is 1. The molecule has 164 valence electrons. The molecule has 2 aliphatic rings. The number of halogens is 1. The first kappa shape index (κ1) is 21.4. The first-order chi connectivity index (χ1) is 14.7. The highest BCUT2D eigenvalue weighted by molar-refractivity contribution is 6.02. The van der Waals surface area contributed by atoms with Crippen LogP contribution in [0.5, 0.6) is 0 Å². The summed E-state index contributed by atoms with van der Waals surface area (Å²) in [5, 5.41) is 2.86. The van der Waals surface area contributed by atoms with Gasteiger partial charge in [-0.3, -0.25) is 14.4 Å². The van der Waals surface area contributed by atoms with E-state index in [2.05, 4.69) is 10.3 Å². The maximum absolute atomic E-state index is 13.9. The van der Waals surface area contributed by atoms with E-state index in [9.17, 15) is 18.8 Å². The minimum atomic E-state index is -0.538. The molecule has 6 nitrogen and oxygen atoms in total. The molecule has 1 amide bonds. The highest BCUT2D eigenvalue weighted by Crippen LogP contribution is 2.35. The highest BCUT2D eigenvalue weighted by atomic mass is 19.1. The number of ether oxygens (including phenoxy) is 1. The van der Waals surface area contributed by atoms with Gasteiger partial charge in [-0.25, -0.2) is 4.39 Å². The molecular formula is C24H27FN2O4. The first-order valence-electron chi connectivity index (χ1n) is 10.6. The Morgan fingerprint density at radius 3 is 2.61 bits per heavy atom. The van der Waals surface area contributed by atoms with E-state index in [-0.39, 0.29) is 29.1 Å². The Hall–Kier alpha value is -2.80. The van der Waals surface area contributed by atoms with Gasteiger partial charge in [0.1, 0.15) is 11.4 Å². The largest absolute Gasteiger partial charge is 0.381 e. The van der Waals surface area contributed by atoms with Crippen LogP contribution in [0.3, 0.4) is 0 Å². The van der Waals surface area contributed by atoms with E-state index in [0.717, 1.165) is 5.56 Å². The van der Waals surface area contributed by atoms with Crippen molar-refractivity contribution in [1.29, 1.82) is 0 Å². The van der Waals surface area contributed by atoms with Crippen LogP contribution in [0.25, 0.3) is 0 Å². The molecule has 1 aliphatic heterocycles. The van der Waals surface area contributed by atoms with Crippen LogP contribution in [0.15, 0.2) is 35.1 Å². The Labute approximate surface area is 180 Å². The average Bonchev–Trinajstić information content (AvgIpc) is 2.71. The second-order valence-corrected chi connectivity index (χ2v) is 9.43. The Kier molecular flexibility index (Phi) is 5.56. The van der Waals surface area contributed by atoms with Crippen LogP contribution < -0.4 is 10.9 Å². The van der Waals surface area contributed by atoms with Gasteiger partial charge in [-0.15, -0.1) is 0 Å². The lowest BCUT2D eigenvalue weighted by molar-refractivity contribution is 0.0486.